The number of hydrogen-bond acceptors (Lipinski definition) is 1. The van der Waals surface area contributed by atoms with Gasteiger partial charge in [-0.3, -0.25) is 4.79 Å². The molecular formula is C12H15ClFNO. The van der Waals surface area contributed by atoms with Gasteiger partial charge in [0.1, 0.15) is 5.82 Å². The summed E-state index contributed by atoms with van der Waals surface area (Å²) in [4.78, 5) is 11.7. The van der Waals surface area contributed by atoms with Crippen LogP contribution in [0.25, 0.3) is 0 Å². The Balaban J connectivity index is 2.70. The van der Waals surface area contributed by atoms with E-state index in [1.165, 1.54) is 12.1 Å². The van der Waals surface area contributed by atoms with Gasteiger partial charge < -0.3 is 5.32 Å². The Morgan fingerprint density at radius 3 is 2.62 bits per heavy atom. The van der Waals surface area contributed by atoms with Crippen LogP contribution in [-0.2, 0) is 0 Å². The highest BCUT2D eigenvalue weighted by atomic mass is 35.5. The van der Waals surface area contributed by atoms with E-state index in [1.54, 1.807) is 12.1 Å². The Hall–Kier alpha value is -1.09. The zero-order chi connectivity index (χ0) is 12.1. The minimum absolute atomic E-state index is 0.0659. The Bertz CT molecular complexity index is 370. The van der Waals surface area contributed by atoms with E-state index < -0.39 is 11.7 Å². The SMILES string of the molecule is CC(CCl)C(C)NC(=O)c1ccccc1F. The molecule has 2 atom stereocenters. The lowest BCUT2D eigenvalue weighted by Gasteiger charge is -2.19. The normalized spacial score (nSPS) is 14.2. The molecule has 1 aromatic rings. The molecule has 0 aliphatic carbocycles. The fourth-order valence-corrected chi connectivity index (χ4v) is 1.47. The number of halogens is 2. The molecule has 1 rings (SSSR count). The van der Waals surface area contributed by atoms with Gasteiger partial charge in [0.05, 0.1) is 5.56 Å². The van der Waals surface area contributed by atoms with Crippen LogP contribution in [-0.4, -0.2) is 17.8 Å². The molecular weight excluding hydrogens is 229 g/mol. The lowest BCUT2D eigenvalue weighted by atomic mass is 10.1. The summed E-state index contributed by atoms with van der Waals surface area (Å²) < 4.78 is 13.3. The van der Waals surface area contributed by atoms with Gasteiger partial charge in [-0.05, 0) is 25.0 Å². The van der Waals surface area contributed by atoms with Gasteiger partial charge in [-0.15, -0.1) is 11.6 Å². The van der Waals surface area contributed by atoms with Crippen molar-refractivity contribution in [1.29, 1.82) is 0 Å². The highest BCUT2D eigenvalue weighted by Gasteiger charge is 2.16. The minimum atomic E-state index is -0.509. The van der Waals surface area contributed by atoms with Crippen molar-refractivity contribution < 1.29 is 9.18 Å². The number of hydrogen-bond donors (Lipinski definition) is 1. The van der Waals surface area contributed by atoms with E-state index in [2.05, 4.69) is 5.32 Å². The molecule has 2 nitrogen and oxygen atoms in total. The van der Waals surface area contributed by atoms with Crippen LogP contribution in [0, 0.1) is 11.7 Å². The lowest BCUT2D eigenvalue weighted by Crippen LogP contribution is -2.38. The molecule has 4 heteroatoms. The van der Waals surface area contributed by atoms with E-state index in [9.17, 15) is 9.18 Å². The van der Waals surface area contributed by atoms with Gasteiger partial charge >= 0.3 is 0 Å². The van der Waals surface area contributed by atoms with Crippen LogP contribution in [0.4, 0.5) is 4.39 Å². The highest BCUT2D eigenvalue weighted by Crippen LogP contribution is 2.09. The molecule has 0 aliphatic rings. The summed E-state index contributed by atoms with van der Waals surface area (Å²) >= 11 is 5.68. The molecule has 0 heterocycles. The van der Waals surface area contributed by atoms with Gasteiger partial charge in [-0.25, -0.2) is 4.39 Å². The minimum Gasteiger partial charge on any atom is -0.349 e. The monoisotopic (exact) mass is 243 g/mol. The fourth-order valence-electron chi connectivity index (χ4n) is 1.21. The second-order valence-corrected chi connectivity index (χ2v) is 4.18. The van der Waals surface area contributed by atoms with E-state index in [4.69, 9.17) is 11.6 Å². The van der Waals surface area contributed by atoms with Crippen molar-refractivity contribution in [1.82, 2.24) is 5.32 Å². The van der Waals surface area contributed by atoms with Crippen LogP contribution in [0.3, 0.4) is 0 Å². The zero-order valence-electron chi connectivity index (χ0n) is 9.34. The van der Waals surface area contributed by atoms with E-state index in [0.717, 1.165) is 0 Å². The van der Waals surface area contributed by atoms with Crippen molar-refractivity contribution in [2.24, 2.45) is 5.92 Å². The molecule has 0 aromatic heterocycles. The predicted octanol–water partition coefficient (Wildman–Crippen LogP) is 2.82. The van der Waals surface area contributed by atoms with Crippen molar-refractivity contribution in [3.05, 3.63) is 35.6 Å². The average molecular weight is 244 g/mol. The number of carbonyl (C=O) groups excluding carboxylic acids is 1. The molecule has 16 heavy (non-hydrogen) atoms. The van der Waals surface area contributed by atoms with Crippen LogP contribution < -0.4 is 5.32 Å². The van der Waals surface area contributed by atoms with Gasteiger partial charge in [0.25, 0.3) is 5.91 Å². The second kappa shape index (κ2) is 5.85. The van der Waals surface area contributed by atoms with Crippen molar-refractivity contribution in [3.63, 3.8) is 0 Å². The van der Waals surface area contributed by atoms with Crippen LogP contribution in [0.15, 0.2) is 24.3 Å². The number of benzene rings is 1. The first-order valence-corrected chi connectivity index (χ1v) is 5.71. The maximum absolute atomic E-state index is 13.3. The van der Waals surface area contributed by atoms with E-state index in [1.807, 2.05) is 13.8 Å². The third kappa shape index (κ3) is 3.20. The van der Waals surface area contributed by atoms with Gasteiger partial charge in [-0.1, -0.05) is 19.1 Å². The summed E-state index contributed by atoms with van der Waals surface area (Å²) in [5.74, 6) is -0.302. The van der Waals surface area contributed by atoms with Crippen LogP contribution in [0.5, 0.6) is 0 Å². The number of carbonyl (C=O) groups is 1. The molecule has 0 saturated heterocycles. The predicted molar refractivity (Wildman–Crippen MR) is 63.2 cm³/mol. The summed E-state index contributed by atoms with van der Waals surface area (Å²) in [6.07, 6.45) is 0. The molecule has 0 aliphatic heterocycles. The molecule has 1 amide bonds. The summed E-state index contributed by atoms with van der Waals surface area (Å²) in [7, 11) is 0. The Morgan fingerprint density at radius 1 is 1.44 bits per heavy atom. The number of alkyl halides is 1. The second-order valence-electron chi connectivity index (χ2n) is 3.87. The topological polar surface area (TPSA) is 29.1 Å². The Kier molecular flexibility index (Phi) is 4.74. The van der Waals surface area contributed by atoms with Crippen LogP contribution >= 0.6 is 11.6 Å². The molecule has 0 fully saturated rings. The molecule has 0 radical (unpaired) electrons. The Morgan fingerprint density at radius 2 is 2.06 bits per heavy atom. The number of rotatable bonds is 4. The average Bonchev–Trinajstić information content (AvgIpc) is 2.28. The molecule has 0 bridgehead atoms. The lowest BCUT2D eigenvalue weighted by molar-refractivity contribution is 0.0927. The van der Waals surface area contributed by atoms with Crippen molar-refractivity contribution >= 4 is 17.5 Å². The fraction of sp³-hybridized carbons (Fsp3) is 0.417. The van der Waals surface area contributed by atoms with Crippen molar-refractivity contribution in [3.8, 4) is 0 Å². The maximum atomic E-state index is 13.3. The van der Waals surface area contributed by atoms with Crippen LogP contribution in [0.1, 0.15) is 24.2 Å². The van der Waals surface area contributed by atoms with E-state index in [0.29, 0.717) is 5.88 Å². The van der Waals surface area contributed by atoms with Crippen molar-refractivity contribution in [2.45, 2.75) is 19.9 Å². The summed E-state index contributed by atoms with van der Waals surface area (Å²) in [6, 6.07) is 5.84. The summed E-state index contributed by atoms with van der Waals surface area (Å²) in [5.41, 5.74) is 0.0659. The zero-order valence-corrected chi connectivity index (χ0v) is 10.1. The molecule has 1 N–H and O–H groups in total. The highest BCUT2D eigenvalue weighted by molar-refractivity contribution is 6.18. The maximum Gasteiger partial charge on any atom is 0.254 e. The first kappa shape index (κ1) is 13.0. The van der Waals surface area contributed by atoms with Gasteiger partial charge in [0.15, 0.2) is 0 Å². The standard InChI is InChI=1S/C12H15ClFNO/c1-8(7-13)9(2)15-12(16)10-5-3-4-6-11(10)14/h3-6,8-9H,7H2,1-2H3,(H,15,16). The van der Waals surface area contributed by atoms with Gasteiger partial charge in [0, 0.05) is 11.9 Å². The summed E-state index contributed by atoms with van der Waals surface area (Å²) in [5, 5.41) is 2.72. The number of amides is 1. The largest absolute Gasteiger partial charge is 0.349 e. The summed E-state index contributed by atoms with van der Waals surface area (Å²) in [6.45, 7) is 3.78. The Labute approximate surface area is 99.8 Å². The first-order chi connectivity index (χ1) is 7.56. The molecule has 88 valence electrons. The molecule has 2 unspecified atom stereocenters. The third-order valence-electron chi connectivity index (χ3n) is 2.57. The molecule has 1 aromatic carbocycles. The van der Waals surface area contributed by atoms with E-state index >= 15 is 0 Å². The van der Waals surface area contributed by atoms with Gasteiger partial charge in [0.2, 0.25) is 0 Å². The third-order valence-corrected chi connectivity index (χ3v) is 3.06. The smallest absolute Gasteiger partial charge is 0.254 e. The van der Waals surface area contributed by atoms with E-state index in [-0.39, 0.29) is 17.5 Å². The quantitative estimate of drug-likeness (QED) is 0.810. The van der Waals surface area contributed by atoms with Crippen LogP contribution in [0.2, 0.25) is 0 Å². The number of nitrogens with one attached hydrogen (secondary N) is 1. The van der Waals surface area contributed by atoms with Crippen molar-refractivity contribution in [2.75, 3.05) is 5.88 Å². The molecule has 0 saturated carbocycles. The van der Waals surface area contributed by atoms with Gasteiger partial charge in [-0.2, -0.15) is 0 Å². The first-order valence-electron chi connectivity index (χ1n) is 5.17. The molecule has 0 spiro atoms.